The van der Waals surface area contributed by atoms with Crippen molar-refractivity contribution in [2.45, 2.75) is 27.2 Å². The van der Waals surface area contributed by atoms with Gasteiger partial charge in [-0.05, 0) is 26.0 Å². The van der Waals surface area contributed by atoms with Crippen molar-refractivity contribution >= 4 is 0 Å². The molecule has 0 radical (unpaired) electrons. The summed E-state index contributed by atoms with van der Waals surface area (Å²) in [6.07, 6.45) is 0.894. The van der Waals surface area contributed by atoms with Crippen LogP contribution in [0.4, 0.5) is 0 Å². The number of aromatic nitrogens is 1. The molecule has 2 rings (SSSR count). The molecular formula is C13H15NO. The summed E-state index contributed by atoms with van der Waals surface area (Å²) in [4.78, 5) is 4.41. The molecule has 0 aliphatic carbocycles. The van der Waals surface area contributed by atoms with Crippen molar-refractivity contribution in [1.82, 2.24) is 4.98 Å². The third-order valence-electron chi connectivity index (χ3n) is 2.51. The van der Waals surface area contributed by atoms with Gasteiger partial charge in [0.15, 0.2) is 0 Å². The van der Waals surface area contributed by atoms with Crippen LogP contribution >= 0.6 is 0 Å². The highest BCUT2D eigenvalue weighted by atomic mass is 16.4. The predicted octanol–water partition coefficient (Wildman–Crippen LogP) is 3.52. The van der Waals surface area contributed by atoms with E-state index in [2.05, 4.69) is 31.0 Å². The van der Waals surface area contributed by atoms with Crippen molar-refractivity contribution in [2.24, 2.45) is 0 Å². The SMILES string of the molecule is CCc1oc(-c2ccc(C)cc2)nc1C. The lowest BCUT2D eigenvalue weighted by molar-refractivity contribution is 0.522. The lowest BCUT2D eigenvalue weighted by atomic mass is 10.1. The molecule has 2 nitrogen and oxygen atoms in total. The Kier molecular flexibility index (Phi) is 2.58. The molecule has 0 bridgehead atoms. The standard InChI is InChI=1S/C13H15NO/c1-4-12-10(3)14-13(15-12)11-7-5-9(2)6-8-11/h5-8H,4H2,1-3H3. The van der Waals surface area contributed by atoms with Gasteiger partial charge in [-0.1, -0.05) is 24.6 Å². The number of benzene rings is 1. The van der Waals surface area contributed by atoms with Crippen LogP contribution in [0.25, 0.3) is 11.5 Å². The lowest BCUT2D eigenvalue weighted by Crippen LogP contribution is -1.79. The Bertz CT molecular complexity index is 454. The van der Waals surface area contributed by atoms with Crippen LogP contribution in [0.1, 0.15) is 23.9 Å². The number of nitrogens with zero attached hydrogens (tertiary/aromatic N) is 1. The van der Waals surface area contributed by atoms with E-state index in [1.165, 1.54) is 5.56 Å². The minimum absolute atomic E-state index is 0.726. The molecule has 0 unspecified atom stereocenters. The summed E-state index contributed by atoms with van der Waals surface area (Å²) in [5.74, 6) is 1.70. The molecule has 0 fully saturated rings. The first-order valence-electron chi connectivity index (χ1n) is 5.24. The van der Waals surface area contributed by atoms with Crippen LogP contribution in [0, 0.1) is 13.8 Å². The summed E-state index contributed by atoms with van der Waals surface area (Å²) in [6.45, 7) is 6.13. The second kappa shape index (κ2) is 3.89. The van der Waals surface area contributed by atoms with E-state index in [0.29, 0.717) is 0 Å². The molecule has 0 amide bonds. The number of oxazole rings is 1. The van der Waals surface area contributed by atoms with Gasteiger partial charge < -0.3 is 4.42 Å². The summed E-state index contributed by atoms with van der Waals surface area (Å²) in [7, 11) is 0. The Morgan fingerprint density at radius 1 is 1.13 bits per heavy atom. The smallest absolute Gasteiger partial charge is 0.226 e. The quantitative estimate of drug-likeness (QED) is 0.743. The van der Waals surface area contributed by atoms with E-state index in [1.54, 1.807) is 0 Å². The average Bonchev–Trinajstić information content (AvgIpc) is 2.61. The number of rotatable bonds is 2. The number of aryl methyl sites for hydroxylation is 3. The van der Waals surface area contributed by atoms with Gasteiger partial charge in [-0.3, -0.25) is 0 Å². The maximum atomic E-state index is 5.68. The first-order valence-corrected chi connectivity index (χ1v) is 5.24. The molecule has 1 aromatic carbocycles. The molecule has 2 aromatic rings. The van der Waals surface area contributed by atoms with Crippen molar-refractivity contribution in [1.29, 1.82) is 0 Å². The molecule has 0 saturated heterocycles. The first-order chi connectivity index (χ1) is 7.20. The zero-order valence-corrected chi connectivity index (χ0v) is 9.37. The van der Waals surface area contributed by atoms with E-state index in [-0.39, 0.29) is 0 Å². The Balaban J connectivity index is 2.41. The van der Waals surface area contributed by atoms with Crippen LogP contribution in [-0.2, 0) is 6.42 Å². The molecule has 0 atom stereocenters. The van der Waals surface area contributed by atoms with Crippen LogP contribution in [-0.4, -0.2) is 4.98 Å². The second-order valence-corrected chi connectivity index (χ2v) is 3.75. The van der Waals surface area contributed by atoms with Crippen LogP contribution in [0.15, 0.2) is 28.7 Å². The van der Waals surface area contributed by atoms with E-state index in [4.69, 9.17) is 4.42 Å². The molecule has 1 heterocycles. The molecule has 1 aromatic heterocycles. The number of hydrogen-bond donors (Lipinski definition) is 0. The Morgan fingerprint density at radius 2 is 1.80 bits per heavy atom. The van der Waals surface area contributed by atoms with Crippen molar-refractivity contribution in [3.63, 3.8) is 0 Å². The zero-order valence-electron chi connectivity index (χ0n) is 9.37. The van der Waals surface area contributed by atoms with Gasteiger partial charge >= 0.3 is 0 Å². The highest BCUT2D eigenvalue weighted by Crippen LogP contribution is 2.22. The fraction of sp³-hybridized carbons (Fsp3) is 0.308. The summed E-state index contributed by atoms with van der Waals surface area (Å²) in [5.41, 5.74) is 3.29. The molecule has 78 valence electrons. The number of hydrogen-bond acceptors (Lipinski definition) is 2. The lowest BCUT2D eigenvalue weighted by Gasteiger charge is -1.95. The molecular weight excluding hydrogens is 186 g/mol. The van der Waals surface area contributed by atoms with Gasteiger partial charge in [-0.15, -0.1) is 0 Å². The highest BCUT2D eigenvalue weighted by Gasteiger charge is 2.09. The highest BCUT2D eigenvalue weighted by molar-refractivity contribution is 5.54. The molecule has 0 N–H and O–H groups in total. The van der Waals surface area contributed by atoms with Crippen molar-refractivity contribution < 1.29 is 4.42 Å². The average molecular weight is 201 g/mol. The van der Waals surface area contributed by atoms with Gasteiger partial charge in [0.1, 0.15) is 5.76 Å². The van der Waals surface area contributed by atoms with E-state index in [0.717, 1.165) is 29.3 Å². The van der Waals surface area contributed by atoms with Crippen molar-refractivity contribution in [3.8, 4) is 11.5 Å². The summed E-state index contributed by atoms with van der Waals surface area (Å²) in [6, 6.07) is 8.22. The molecule has 0 spiro atoms. The van der Waals surface area contributed by atoms with Gasteiger partial charge in [-0.25, -0.2) is 4.98 Å². The third-order valence-corrected chi connectivity index (χ3v) is 2.51. The molecule has 0 aliphatic rings. The predicted molar refractivity (Wildman–Crippen MR) is 60.8 cm³/mol. The second-order valence-electron chi connectivity index (χ2n) is 3.75. The van der Waals surface area contributed by atoms with Gasteiger partial charge in [0.05, 0.1) is 5.69 Å². The summed E-state index contributed by atoms with van der Waals surface area (Å²) >= 11 is 0. The Labute approximate surface area is 90.0 Å². The van der Waals surface area contributed by atoms with Crippen LogP contribution < -0.4 is 0 Å². The van der Waals surface area contributed by atoms with Gasteiger partial charge in [0.2, 0.25) is 5.89 Å². The van der Waals surface area contributed by atoms with E-state index >= 15 is 0 Å². The first kappa shape index (κ1) is 9.97. The largest absolute Gasteiger partial charge is 0.441 e. The Morgan fingerprint density at radius 3 is 2.33 bits per heavy atom. The summed E-state index contributed by atoms with van der Waals surface area (Å²) in [5, 5.41) is 0. The minimum Gasteiger partial charge on any atom is -0.441 e. The topological polar surface area (TPSA) is 26.0 Å². The van der Waals surface area contributed by atoms with Gasteiger partial charge in [-0.2, -0.15) is 0 Å². The van der Waals surface area contributed by atoms with E-state index in [9.17, 15) is 0 Å². The molecule has 2 heteroatoms. The normalized spacial score (nSPS) is 10.6. The molecule has 0 saturated carbocycles. The van der Waals surface area contributed by atoms with Gasteiger partial charge in [0.25, 0.3) is 0 Å². The fourth-order valence-corrected chi connectivity index (χ4v) is 1.58. The maximum absolute atomic E-state index is 5.68. The maximum Gasteiger partial charge on any atom is 0.226 e. The minimum atomic E-state index is 0.726. The third kappa shape index (κ3) is 1.94. The van der Waals surface area contributed by atoms with Crippen molar-refractivity contribution in [2.75, 3.05) is 0 Å². The van der Waals surface area contributed by atoms with Crippen LogP contribution in [0.2, 0.25) is 0 Å². The van der Waals surface area contributed by atoms with Gasteiger partial charge in [0, 0.05) is 12.0 Å². The van der Waals surface area contributed by atoms with Crippen molar-refractivity contribution in [3.05, 3.63) is 41.3 Å². The van der Waals surface area contributed by atoms with Crippen LogP contribution in [0.3, 0.4) is 0 Å². The summed E-state index contributed by atoms with van der Waals surface area (Å²) < 4.78 is 5.68. The monoisotopic (exact) mass is 201 g/mol. The fourth-order valence-electron chi connectivity index (χ4n) is 1.58. The Hall–Kier alpha value is -1.57. The molecule has 15 heavy (non-hydrogen) atoms. The van der Waals surface area contributed by atoms with E-state index < -0.39 is 0 Å². The zero-order chi connectivity index (χ0) is 10.8. The van der Waals surface area contributed by atoms with E-state index in [1.807, 2.05) is 19.1 Å². The van der Waals surface area contributed by atoms with Crippen LogP contribution in [0.5, 0.6) is 0 Å². The molecule has 0 aliphatic heterocycles.